The van der Waals surface area contributed by atoms with Crippen LogP contribution in [0, 0.1) is 0 Å². The van der Waals surface area contributed by atoms with Crippen molar-refractivity contribution in [2.24, 2.45) is 0 Å². The molecule has 0 saturated heterocycles. The summed E-state index contributed by atoms with van der Waals surface area (Å²) in [6, 6.07) is 50.9. The van der Waals surface area contributed by atoms with Crippen LogP contribution in [0.4, 0.5) is 0 Å². The summed E-state index contributed by atoms with van der Waals surface area (Å²) < 4.78 is 9.23. The van der Waals surface area contributed by atoms with E-state index >= 15 is 0 Å². The maximum Gasteiger partial charge on any atom is 0.160 e. The Morgan fingerprint density at radius 2 is 1.28 bits per heavy atom. The van der Waals surface area contributed by atoms with E-state index in [0.717, 1.165) is 79.6 Å². The Labute approximate surface area is 289 Å². The monoisotopic (exact) mass is 641 g/mol. The Balaban J connectivity index is 1.22. The SMILES string of the molecule is C1=CC(c2ccc3c4ccccc4n(-c4cccc5c4oc4cccc(-c6cc(-c7ccccc7)nc(-c7ccccc7)n6)c45)c3c2)=CCC1. The van der Waals surface area contributed by atoms with Crippen molar-refractivity contribution >= 4 is 49.3 Å². The van der Waals surface area contributed by atoms with E-state index in [2.05, 4.69) is 132 Å². The number of para-hydroxylation sites is 2. The van der Waals surface area contributed by atoms with Crippen LogP contribution in [-0.4, -0.2) is 14.5 Å². The molecule has 0 saturated carbocycles. The molecule has 10 rings (SSSR count). The molecule has 1 aliphatic carbocycles. The summed E-state index contributed by atoms with van der Waals surface area (Å²) in [5.41, 5.74) is 12.3. The van der Waals surface area contributed by atoms with Gasteiger partial charge in [0.2, 0.25) is 0 Å². The molecule has 4 heteroatoms. The molecule has 0 amide bonds. The predicted octanol–water partition coefficient (Wildman–Crippen LogP) is 12.2. The first-order valence-electron chi connectivity index (χ1n) is 17.2. The molecule has 0 atom stereocenters. The molecule has 0 aliphatic heterocycles. The summed E-state index contributed by atoms with van der Waals surface area (Å²) in [6.07, 6.45) is 9.02. The van der Waals surface area contributed by atoms with Crippen molar-refractivity contribution in [3.8, 4) is 39.6 Å². The molecule has 6 aromatic carbocycles. The van der Waals surface area contributed by atoms with Crippen molar-refractivity contribution in [1.82, 2.24) is 14.5 Å². The van der Waals surface area contributed by atoms with Gasteiger partial charge < -0.3 is 8.98 Å². The first kappa shape index (κ1) is 28.5. The highest BCUT2D eigenvalue weighted by Crippen LogP contribution is 2.42. The Morgan fingerprint density at radius 3 is 2.12 bits per heavy atom. The molecule has 0 unspecified atom stereocenters. The Morgan fingerprint density at radius 1 is 0.540 bits per heavy atom. The van der Waals surface area contributed by atoms with Gasteiger partial charge in [-0.1, -0.05) is 133 Å². The van der Waals surface area contributed by atoms with E-state index in [-0.39, 0.29) is 0 Å². The van der Waals surface area contributed by atoms with Crippen LogP contribution in [0.1, 0.15) is 18.4 Å². The summed E-state index contributed by atoms with van der Waals surface area (Å²) >= 11 is 0. The van der Waals surface area contributed by atoms with Crippen LogP contribution in [0.2, 0.25) is 0 Å². The average Bonchev–Trinajstić information content (AvgIpc) is 3.74. The number of hydrogen-bond acceptors (Lipinski definition) is 3. The number of furan rings is 1. The van der Waals surface area contributed by atoms with Crippen LogP contribution in [0.25, 0.3) is 88.9 Å². The van der Waals surface area contributed by atoms with Crippen LogP contribution in [-0.2, 0) is 0 Å². The molecule has 9 aromatic rings. The minimum atomic E-state index is 0.691. The smallest absolute Gasteiger partial charge is 0.160 e. The van der Waals surface area contributed by atoms with Gasteiger partial charge in [-0.25, -0.2) is 9.97 Å². The third-order valence-corrected chi connectivity index (χ3v) is 9.85. The van der Waals surface area contributed by atoms with Crippen LogP contribution >= 0.6 is 0 Å². The largest absolute Gasteiger partial charge is 0.454 e. The van der Waals surface area contributed by atoms with Gasteiger partial charge >= 0.3 is 0 Å². The summed E-state index contributed by atoms with van der Waals surface area (Å²) in [5, 5.41) is 4.54. The van der Waals surface area contributed by atoms with Crippen molar-refractivity contribution in [3.63, 3.8) is 0 Å². The number of allylic oxidation sites excluding steroid dienone is 4. The molecule has 0 spiro atoms. The predicted molar refractivity (Wildman–Crippen MR) is 206 cm³/mol. The Bertz CT molecular complexity index is 2750. The third kappa shape index (κ3) is 4.61. The van der Waals surface area contributed by atoms with Gasteiger partial charge in [0.05, 0.1) is 28.1 Å². The van der Waals surface area contributed by atoms with Gasteiger partial charge in [-0.15, -0.1) is 0 Å². The fourth-order valence-corrected chi connectivity index (χ4v) is 7.52. The minimum Gasteiger partial charge on any atom is -0.454 e. The number of aromatic nitrogens is 3. The Kier molecular flexibility index (Phi) is 6.59. The van der Waals surface area contributed by atoms with Gasteiger partial charge in [-0.2, -0.15) is 0 Å². The van der Waals surface area contributed by atoms with Crippen molar-refractivity contribution in [2.45, 2.75) is 12.8 Å². The summed E-state index contributed by atoms with van der Waals surface area (Å²) in [7, 11) is 0. The molecule has 4 nitrogen and oxygen atoms in total. The molecule has 0 fully saturated rings. The Hall–Kier alpha value is -6.52. The molecule has 0 radical (unpaired) electrons. The highest BCUT2D eigenvalue weighted by molar-refractivity contribution is 6.16. The van der Waals surface area contributed by atoms with Gasteiger partial charge in [-0.05, 0) is 54.3 Å². The number of benzene rings is 6. The van der Waals surface area contributed by atoms with Gasteiger partial charge in [0, 0.05) is 38.2 Å². The number of nitrogens with zero attached hydrogens (tertiary/aromatic N) is 3. The fraction of sp³-hybridized carbons (Fsp3) is 0.0435. The van der Waals surface area contributed by atoms with E-state index in [4.69, 9.17) is 14.4 Å². The van der Waals surface area contributed by atoms with Crippen molar-refractivity contribution < 1.29 is 4.42 Å². The molecule has 1 aliphatic rings. The average molecular weight is 642 g/mol. The molecule has 3 heterocycles. The first-order chi connectivity index (χ1) is 24.8. The zero-order valence-corrected chi connectivity index (χ0v) is 27.3. The topological polar surface area (TPSA) is 43.9 Å². The minimum absolute atomic E-state index is 0.691. The lowest BCUT2D eigenvalue weighted by molar-refractivity contribution is 0.666. The van der Waals surface area contributed by atoms with E-state index in [1.807, 2.05) is 36.4 Å². The molecular weight excluding hydrogens is 611 g/mol. The normalized spacial score (nSPS) is 13.1. The van der Waals surface area contributed by atoms with Crippen LogP contribution < -0.4 is 0 Å². The fourth-order valence-electron chi connectivity index (χ4n) is 7.52. The maximum atomic E-state index is 6.86. The molecular formula is C46H31N3O. The van der Waals surface area contributed by atoms with E-state index in [0.29, 0.717) is 5.82 Å². The van der Waals surface area contributed by atoms with E-state index in [9.17, 15) is 0 Å². The number of fused-ring (bicyclic) bond motifs is 6. The quantitative estimate of drug-likeness (QED) is 0.188. The highest BCUT2D eigenvalue weighted by atomic mass is 16.3. The van der Waals surface area contributed by atoms with E-state index < -0.39 is 0 Å². The second kappa shape index (κ2) is 11.6. The van der Waals surface area contributed by atoms with Crippen LogP contribution in [0.3, 0.4) is 0 Å². The van der Waals surface area contributed by atoms with Gasteiger partial charge in [-0.3, -0.25) is 0 Å². The van der Waals surface area contributed by atoms with Crippen molar-refractivity contribution in [3.05, 3.63) is 169 Å². The molecule has 0 N–H and O–H groups in total. The third-order valence-electron chi connectivity index (χ3n) is 9.85. The maximum absolute atomic E-state index is 6.86. The summed E-state index contributed by atoms with van der Waals surface area (Å²) in [6.45, 7) is 0. The number of hydrogen-bond donors (Lipinski definition) is 0. The standard InChI is InChI=1S/C46H31N3O/c1-4-14-30(15-5-1)33-26-27-35-34-20-10-11-23-40(34)49(42(35)28-33)41-24-12-22-37-44-36(21-13-25-43(44)50-45(37)41)39-29-38(31-16-6-2-7-17-31)47-46(48-39)32-18-8-3-9-19-32/h2-4,6-29H,1,5H2. The lowest BCUT2D eigenvalue weighted by Crippen LogP contribution is -1.96. The zero-order valence-electron chi connectivity index (χ0n) is 27.3. The van der Waals surface area contributed by atoms with Gasteiger partial charge in [0.25, 0.3) is 0 Å². The lowest BCUT2D eigenvalue weighted by atomic mass is 9.98. The van der Waals surface area contributed by atoms with Crippen molar-refractivity contribution in [1.29, 1.82) is 0 Å². The summed E-state index contributed by atoms with van der Waals surface area (Å²) in [5.74, 6) is 0.691. The van der Waals surface area contributed by atoms with Crippen LogP contribution in [0.15, 0.2) is 168 Å². The van der Waals surface area contributed by atoms with E-state index in [1.165, 1.54) is 21.9 Å². The van der Waals surface area contributed by atoms with E-state index in [1.54, 1.807) is 0 Å². The molecule has 236 valence electrons. The van der Waals surface area contributed by atoms with Gasteiger partial charge in [0.1, 0.15) is 5.58 Å². The lowest BCUT2D eigenvalue weighted by Gasteiger charge is -2.11. The van der Waals surface area contributed by atoms with Crippen molar-refractivity contribution in [2.75, 3.05) is 0 Å². The molecule has 0 bridgehead atoms. The van der Waals surface area contributed by atoms with Crippen LogP contribution in [0.5, 0.6) is 0 Å². The molecule has 50 heavy (non-hydrogen) atoms. The second-order valence-corrected chi connectivity index (χ2v) is 12.9. The van der Waals surface area contributed by atoms with Gasteiger partial charge in [0.15, 0.2) is 11.4 Å². The highest BCUT2D eigenvalue weighted by Gasteiger charge is 2.21. The zero-order chi connectivity index (χ0) is 33.0. The summed E-state index contributed by atoms with van der Waals surface area (Å²) in [4.78, 5) is 10.2. The first-order valence-corrected chi connectivity index (χ1v) is 17.2. The molecule has 3 aromatic heterocycles. The number of rotatable bonds is 5. The second-order valence-electron chi connectivity index (χ2n) is 12.9.